The van der Waals surface area contributed by atoms with Crippen molar-refractivity contribution in [3.8, 4) is 0 Å². The molecule has 0 unspecified atom stereocenters. The Kier molecular flexibility index (Phi) is 5.75. The Bertz CT molecular complexity index is 729. The molecule has 4 nitrogen and oxygen atoms in total. The van der Waals surface area contributed by atoms with Gasteiger partial charge >= 0.3 is 0 Å². The number of rotatable bonds is 6. The Morgan fingerprint density at radius 1 is 1.12 bits per heavy atom. The second-order valence-corrected chi connectivity index (χ2v) is 7.19. The summed E-state index contributed by atoms with van der Waals surface area (Å²) in [6, 6.07) is 15.4. The van der Waals surface area contributed by atoms with Crippen molar-refractivity contribution < 1.29 is 4.79 Å². The van der Waals surface area contributed by atoms with Crippen molar-refractivity contribution in [3.63, 3.8) is 0 Å². The van der Waals surface area contributed by atoms with Crippen molar-refractivity contribution in [3.05, 3.63) is 65.1 Å². The van der Waals surface area contributed by atoms with Gasteiger partial charge in [-0.05, 0) is 30.5 Å². The van der Waals surface area contributed by atoms with Crippen LogP contribution in [-0.4, -0.2) is 34.2 Å². The van der Waals surface area contributed by atoms with Crippen molar-refractivity contribution in [2.45, 2.75) is 24.3 Å². The van der Waals surface area contributed by atoms with E-state index in [0.717, 1.165) is 25.3 Å². The van der Waals surface area contributed by atoms with E-state index in [4.69, 9.17) is 0 Å². The Hall–Kier alpha value is -2.01. The van der Waals surface area contributed by atoms with Gasteiger partial charge in [-0.1, -0.05) is 24.3 Å². The molecule has 0 N–H and O–H groups in total. The number of hydrogen-bond acceptors (Lipinski definition) is 3. The summed E-state index contributed by atoms with van der Waals surface area (Å²) in [7, 11) is 0. The quantitative estimate of drug-likeness (QED) is 0.758. The number of nitrogens with zero attached hydrogens (tertiary/aromatic N) is 2. The molecule has 0 radical (unpaired) electrons. The summed E-state index contributed by atoms with van der Waals surface area (Å²) < 4.78 is 1.59. The van der Waals surface area contributed by atoms with E-state index >= 15 is 0 Å². The lowest BCUT2D eigenvalue weighted by Gasteiger charge is -2.17. The van der Waals surface area contributed by atoms with Crippen molar-refractivity contribution in [2.24, 2.45) is 5.92 Å². The van der Waals surface area contributed by atoms with Crippen LogP contribution in [0.3, 0.4) is 0 Å². The Labute approximate surface area is 146 Å². The summed E-state index contributed by atoms with van der Waals surface area (Å²) >= 11 is 1.86. The summed E-state index contributed by atoms with van der Waals surface area (Å²) in [4.78, 5) is 27.2. The predicted octanol–water partition coefficient (Wildman–Crippen LogP) is 2.88. The van der Waals surface area contributed by atoms with Crippen molar-refractivity contribution in [1.29, 1.82) is 0 Å². The number of thioether (sulfide) groups is 1. The first-order valence-electron chi connectivity index (χ1n) is 8.33. The zero-order valence-electron chi connectivity index (χ0n) is 13.6. The van der Waals surface area contributed by atoms with Crippen LogP contribution in [0.2, 0.25) is 0 Å². The molecule has 1 aromatic heterocycles. The molecule has 126 valence electrons. The van der Waals surface area contributed by atoms with E-state index < -0.39 is 0 Å². The van der Waals surface area contributed by atoms with Crippen LogP contribution in [0.1, 0.15) is 12.8 Å². The lowest BCUT2D eigenvalue weighted by atomic mass is 10.2. The molecule has 1 aliphatic rings. The smallest absolute Gasteiger partial charge is 0.250 e. The molecule has 1 fully saturated rings. The zero-order valence-corrected chi connectivity index (χ0v) is 14.5. The van der Waals surface area contributed by atoms with Crippen LogP contribution in [0, 0.1) is 5.92 Å². The predicted molar refractivity (Wildman–Crippen MR) is 97.2 cm³/mol. The first-order chi connectivity index (χ1) is 11.7. The standard InChI is InChI=1S/C19H22N2O2S/c22-18-8-4-5-11-20(18)13-10-19(23)21-12-9-16(14-21)15-24-17-6-2-1-3-7-17/h1-8,11,16H,9-10,12-15H2/t16-/m0/s1. The molecule has 1 amide bonds. The number of amides is 1. The fourth-order valence-corrected chi connectivity index (χ4v) is 4.00. The van der Waals surface area contributed by atoms with Crippen LogP contribution in [0.25, 0.3) is 0 Å². The third kappa shape index (κ3) is 4.51. The molecule has 24 heavy (non-hydrogen) atoms. The van der Waals surface area contributed by atoms with Crippen LogP contribution in [0.15, 0.2) is 64.4 Å². The highest BCUT2D eigenvalue weighted by Gasteiger charge is 2.25. The highest BCUT2D eigenvalue weighted by molar-refractivity contribution is 7.99. The van der Waals surface area contributed by atoms with Crippen LogP contribution in [0.5, 0.6) is 0 Å². The highest BCUT2D eigenvalue weighted by atomic mass is 32.2. The minimum Gasteiger partial charge on any atom is -0.342 e. The van der Waals surface area contributed by atoms with Crippen molar-refractivity contribution in [2.75, 3.05) is 18.8 Å². The van der Waals surface area contributed by atoms with Gasteiger partial charge in [0.2, 0.25) is 5.91 Å². The average molecular weight is 342 g/mol. The summed E-state index contributed by atoms with van der Waals surface area (Å²) in [5.74, 6) is 1.75. The van der Waals surface area contributed by atoms with Gasteiger partial charge in [-0.25, -0.2) is 0 Å². The second-order valence-electron chi connectivity index (χ2n) is 6.10. The highest BCUT2D eigenvalue weighted by Crippen LogP contribution is 2.26. The molecular formula is C19H22N2O2S. The topological polar surface area (TPSA) is 42.3 Å². The van der Waals surface area contributed by atoms with E-state index in [1.54, 1.807) is 16.8 Å². The van der Waals surface area contributed by atoms with E-state index in [9.17, 15) is 9.59 Å². The molecule has 2 aromatic rings. The monoisotopic (exact) mass is 342 g/mol. The van der Waals surface area contributed by atoms with Gasteiger partial charge in [-0.2, -0.15) is 0 Å². The summed E-state index contributed by atoms with van der Waals surface area (Å²) in [6.45, 7) is 2.13. The van der Waals surface area contributed by atoms with Crippen LogP contribution in [-0.2, 0) is 11.3 Å². The van der Waals surface area contributed by atoms with E-state index in [1.807, 2.05) is 28.8 Å². The molecule has 1 aromatic carbocycles. The maximum atomic E-state index is 12.4. The number of pyridine rings is 1. The van der Waals surface area contributed by atoms with Crippen molar-refractivity contribution >= 4 is 17.7 Å². The summed E-state index contributed by atoms with van der Waals surface area (Å²) in [5, 5.41) is 0. The van der Waals surface area contributed by atoms with Gasteiger partial charge in [0.15, 0.2) is 0 Å². The first kappa shape index (κ1) is 16.8. The zero-order chi connectivity index (χ0) is 16.8. The summed E-state index contributed by atoms with van der Waals surface area (Å²) in [5.41, 5.74) is -0.0520. The fourth-order valence-electron chi connectivity index (χ4n) is 2.95. The van der Waals surface area contributed by atoms with Crippen LogP contribution >= 0.6 is 11.8 Å². The molecule has 0 aliphatic carbocycles. The molecule has 1 saturated heterocycles. The average Bonchev–Trinajstić information content (AvgIpc) is 3.09. The molecule has 0 spiro atoms. The number of carbonyl (C=O) groups is 1. The van der Waals surface area contributed by atoms with Crippen LogP contribution in [0.4, 0.5) is 0 Å². The molecule has 3 rings (SSSR count). The third-order valence-electron chi connectivity index (χ3n) is 4.33. The molecule has 1 aliphatic heterocycles. The van der Waals surface area contributed by atoms with Gasteiger partial charge in [0.1, 0.15) is 0 Å². The minimum absolute atomic E-state index is 0.0520. The summed E-state index contributed by atoms with van der Waals surface area (Å²) in [6.07, 6.45) is 3.19. The number of benzene rings is 1. The number of hydrogen-bond donors (Lipinski definition) is 0. The first-order valence-corrected chi connectivity index (χ1v) is 9.32. The van der Waals surface area contributed by atoms with Gasteiger partial charge in [0.05, 0.1) is 0 Å². The van der Waals surface area contributed by atoms with E-state index in [0.29, 0.717) is 18.9 Å². The Morgan fingerprint density at radius 2 is 1.92 bits per heavy atom. The Morgan fingerprint density at radius 3 is 2.71 bits per heavy atom. The van der Waals surface area contributed by atoms with Crippen molar-refractivity contribution in [1.82, 2.24) is 9.47 Å². The van der Waals surface area contributed by atoms with Crippen LogP contribution < -0.4 is 5.56 Å². The molecule has 0 saturated carbocycles. The van der Waals surface area contributed by atoms with Gasteiger partial charge < -0.3 is 9.47 Å². The maximum Gasteiger partial charge on any atom is 0.250 e. The fraction of sp³-hybridized carbons (Fsp3) is 0.368. The number of likely N-dealkylation sites (tertiary alicyclic amines) is 1. The minimum atomic E-state index is -0.0520. The second kappa shape index (κ2) is 8.20. The maximum absolute atomic E-state index is 12.4. The normalized spacial score (nSPS) is 17.2. The lowest BCUT2D eigenvalue weighted by Crippen LogP contribution is -2.30. The molecule has 2 heterocycles. The molecular weight excluding hydrogens is 320 g/mol. The largest absolute Gasteiger partial charge is 0.342 e. The van der Waals surface area contributed by atoms with Gasteiger partial charge in [-0.3, -0.25) is 9.59 Å². The van der Waals surface area contributed by atoms with Gasteiger partial charge in [0.25, 0.3) is 5.56 Å². The van der Waals surface area contributed by atoms with E-state index in [1.165, 1.54) is 11.0 Å². The van der Waals surface area contributed by atoms with E-state index in [2.05, 4.69) is 24.3 Å². The molecule has 5 heteroatoms. The van der Waals surface area contributed by atoms with Gasteiger partial charge in [-0.15, -0.1) is 11.8 Å². The molecule has 1 atom stereocenters. The lowest BCUT2D eigenvalue weighted by molar-refractivity contribution is -0.130. The number of aromatic nitrogens is 1. The Balaban J connectivity index is 1.44. The molecule has 0 bridgehead atoms. The SMILES string of the molecule is O=C(CCn1ccccc1=O)N1CC[C@H](CSc2ccccc2)C1. The number of carbonyl (C=O) groups excluding carboxylic acids is 1. The number of aryl methyl sites for hydroxylation is 1. The third-order valence-corrected chi connectivity index (χ3v) is 5.58. The van der Waals surface area contributed by atoms with Gasteiger partial charge in [0, 0.05) is 49.0 Å². The van der Waals surface area contributed by atoms with E-state index in [-0.39, 0.29) is 11.5 Å².